The number of hydrogen-bond acceptors (Lipinski definition) is 6. The van der Waals surface area contributed by atoms with Gasteiger partial charge >= 0.3 is 0 Å². The summed E-state index contributed by atoms with van der Waals surface area (Å²) in [6.45, 7) is 5.51. The highest BCUT2D eigenvalue weighted by atomic mass is 16.5. The maximum Gasteiger partial charge on any atom is 0.180 e. The van der Waals surface area contributed by atoms with Gasteiger partial charge in [0.1, 0.15) is 17.2 Å². The van der Waals surface area contributed by atoms with E-state index in [1.807, 2.05) is 32.9 Å². The van der Waals surface area contributed by atoms with Gasteiger partial charge in [-0.3, -0.25) is 14.4 Å². The number of benzene rings is 2. The van der Waals surface area contributed by atoms with Crippen LogP contribution in [0.1, 0.15) is 53.0 Å². The lowest BCUT2D eigenvalue weighted by molar-refractivity contribution is -0.130. The second-order valence-corrected chi connectivity index (χ2v) is 10.3. The van der Waals surface area contributed by atoms with Crippen molar-refractivity contribution < 1.29 is 19.1 Å². The van der Waals surface area contributed by atoms with Gasteiger partial charge in [-0.2, -0.15) is 5.26 Å². The molecular formula is C29H26N2O4. The molecule has 0 bridgehead atoms. The Bertz CT molecular complexity index is 1320. The minimum absolute atomic E-state index is 0.0967. The molecule has 1 spiro atoms. The molecule has 0 unspecified atom stereocenters. The summed E-state index contributed by atoms with van der Waals surface area (Å²) < 4.78 is 5.33. The molecule has 2 heterocycles. The van der Waals surface area contributed by atoms with E-state index in [-0.39, 0.29) is 17.3 Å². The second-order valence-electron chi connectivity index (χ2n) is 10.3. The van der Waals surface area contributed by atoms with Crippen molar-refractivity contribution in [1.82, 2.24) is 4.90 Å². The summed E-state index contributed by atoms with van der Waals surface area (Å²) in [5, 5.41) is 9.61. The van der Waals surface area contributed by atoms with Crippen LogP contribution in [0.25, 0.3) is 0 Å². The van der Waals surface area contributed by atoms with Crippen LogP contribution in [0, 0.1) is 22.2 Å². The van der Waals surface area contributed by atoms with E-state index in [9.17, 15) is 19.6 Å². The average Bonchev–Trinajstić information content (AvgIpc) is 3.28. The van der Waals surface area contributed by atoms with Gasteiger partial charge in [0.25, 0.3) is 0 Å². The first kappa shape index (κ1) is 22.8. The van der Waals surface area contributed by atoms with Crippen molar-refractivity contribution in [2.24, 2.45) is 10.8 Å². The van der Waals surface area contributed by atoms with E-state index in [0.717, 1.165) is 0 Å². The van der Waals surface area contributed by atoms with Crippen LogP contribution in [0.4, 0.5) is 0 Å². The number of nitriles is 1. The Morgan fingerprint density at radius 2 is 1.63 bits per heavy atom. The molecule has 35 heavy (non-hydrogen) atoms. The van der Waals surface area contributed by atoms with Crippen molar-refractivity contribution >= 4 is 17.3 Å². The van der Waals surface area contributed by atoms with Crippen LogP contribution in [-0.4, -0.2) is 41.4 Å². The SMILES string of the molecule is COc1ccc([C@H]2[C@@H](C(=O)C(C)(C)C)N3C=C(C#N)C=C[C@@H]3C23C(=O)c2ccccc2C3=O)cc1. The number of carbonyl (C=O) groups is 3. The van der Waals surface area contributed by atoms with Crippen molar-refractivity contribution in [3.63, 3.8) is 0 Å². The van der Waals surface area contributed by atoms with Gasteiger partial charge < -0.3 is 9.64 Å². The first-order valence-electron chi connectivity index (χ1n) is 11.6. The van der Waals surface area contributed by atoms with Crippen LogP contribution in [0.15, 0.2) is 72.5 Å². The number of Topliss-reactive ketones (excluding diaryl/α,β-unsaturated/α-hetero) is 3. The summed E-state index contributed by atoms with van der Waals surface area (Å²) in [5.74, 6) is -0.777. The van der Waals surface area contributed by atoms with E-state index >= 15 is 0 Å². The number of ether oxygens (including phenoxy) is 1. The smallest absolute Gasteiger partial charge is 0.180 e. The zero-order valence-corrected chi connectivity index (χ0v) is 20.1. The monoisotopic (exact) mass is 466 g/mol. The largest absolute Gasteiger partial charge is 0.497 e. The molecule has 0 saturated carbocycles. The topological polar surface area (TPSA) is 87.5 Å². The lowest BCUT2D eigenvalue weighted by Crippen LogP contribution is -2.47. The van der Waals surface area contributed by atoms with E-state index in [2.05, 4.69) is 6.07 Å². The van der Waals surface area contributed by atoms with Crippen LogP contribution >= 0.6 is 0 Å². The fraction of sp³-hybridized carbons (Fsp3) is 0.310. The van der Waals surface area contributed by atoms with Gasteiger partial charge in [-0.05, 0) is 23.8 Å². The zero-order chi connectivity index (χ0) is 25.1. The van der Waals surface area contributed by atoms with Crippen molar-refractivity contribution in [1.29, 1.82) is 5.26 Å². The van der Waals surface area contributed by atoms with Gasteiger partial charge in [0, 0.05) is 28.7 Å². The molecule has 3 atom stereocenters. The Morgan fingerprint density at radius 3 is 2.14 bits per heavy atom. The molecule has 2 aliphatic heterocycles. The highest BCUT2D eigenvalue weighted by Crippen LogP contribution is 2.60. The van der Waals surface area contributed by atoms with E-state index in [1.54, 1.807) is 66.8 Å². The van der Waals surface area contributed by atoms with Crippen LogP contribution in [0.2, 0.25) is 0 Å². The third-order valence-corrected chi connectivity index (χ3v) is 7.44. The van der Waals surface area contributed by atoms with Crippen LogP contribution in [0.3, 0.4) is 0 Å². The molecule has 1 aliphatic carbocycles. The molecule has 0 N–H and O–H groups in total. The summed E-state index contributed by atoms with van der Waals surface area (Å²) in [6, 6.07) is 14.7. The highest BCUT2D eigenvalue weighted by molar-refractivity contribution is 6.31. The summed E-state index contributed by atoms with van der Waals surface area (Å²) in [5.41, 5.74) is -0.444. The molecule has 6 nitrogen and oxygen atoms in total. The summed E-state index contributed by atoms with van der Waals surface area (Å²) in [4.78, 5) is 44.3. The maximum absolute atomic E-state index is 14.3. The van der Waals surface area contributed by atoms with Crippen LogP contribution in [-0.2, 0) is 4.79 Å². The van der Waals surface area contributed by atoms with Gasteiger partial charge in [-0.1, -0.05) is 63.2 Å². The first-order chi connectivity index (χ1) is 16.7. The minimum atomic E-state index is -1.53. The standard InChI is InChI=1S/C29H26N2O4/c1-28(2,3)27(34)24-23(18-10-12-19(35-4)13-11-18)29(22-14-9-17(15-30)16-31(22)24)25(32)20-7-5-6-8-21(20)26(29)33/h5-14,16,22-24H,1-4H3/t22-,23+,24+/m1/s1. The summed E-state index contributed by atoms with van der Waals surface area (Å²) in [7, 11) is 1.57. The number of hydrogen-bond donors (Lipinski definition) is 0. The minimum Gasteiger partial charge on any atom is -0.497 e. The van der Waals surface area contributed by atoms with Gasteiger partial charge in [0.2, 0.25) is 0 Å². The van der Waals surface area contributed by atoms with Gasteiger partial charge in [-0.25, -0.2) is 0 Å². The third kappa shape index (κ3) is 3.04. The van der Waals surface area contributed by atoms with E-state index in [4.69, 9.17) is 4.74 Å². The van der Waals surface area contributed by atoms with E-state index in [1.165, 1.54) is 0 Å². The molecular weight excluding hydrogens is 440 g/mol. The molecule has 176 valence electrons. The fourth-order valence-electron chi connectivity index (χ4n) is 5.86. The Kier molecular flexibility index (Phi) is 5.06. The zero-order valence-electron chi connectivity index (χ0n) is 20.1. The van der Waals surface area contributed by atoms with Crippen molar-refractivity contribution in [2.75, 3.05) is 7.11 Å². The summed E-state index contributed by atoms with van der Waals surface area (Å²) in [6.07, 6.45) is 5.02. The van der Waals surface area contributed by atoms with Crippen molar-refractivity contribution in [2.45, 2.75) is 38.8 Å². The average molecular weight is 467 g/mol. The van der Waals surface area contributed by atoms with Gasteiger partial charge in [-0.15, -0.1) is 0 Å². The Labute approximate surface area is 204 Å². The lowest BCUT2D eigenvalue weighted by Gasteiger charge is -2.34. The third-order valence-electron chi connectivity index (χ3n) is 7.44. The van der Waals surface area contributed by atoms with E-state index in [0.29, 0.717) is 28.0 Å². The predicted octanol–water partition coefficient (Wildman–Crippen LogP) is 4.49. The number of nitrogens with zero attached hydrogens (tertiary/aromatic N) is 2. The van der Waals surface area contributed by atoms with Crippen molar-refractivity contribution in [3.8, 4) is 11.8 Å². The molecule has 0 radical (unpaired) electrons. The molecule has 5 rings (SSSR count). The Hall–Kier alpha value is -3.98. The molecule has 0 amide bonds. The quantitative estimate of drug-likeness (QED) is 0.620. The van der Waals surface area contributed by atoms with Crippen LogP contribution in [0.5, 0.6) is 5.75 Å². The molecule has 2 aromatic carbocycles. The Balaban J connectivity index is 1.83. The molecule has 1 saturated heterocycles. The molecule has 0 aromatic heterocycles. The molecule has 6 heteroatoms. The number of allylic oxidation sites excluding steroid dienone is 2. The fourth-order valence-corrected chi connectivity index (χ4v) is 5.86. The lowest BCUT2D eigenvalue weighted by atomic mass is 9.63. The number of methoxy groups -OCH3 is 1. The van der Waals surface area contributed by atoms with Gasteiger partial charge in [0.15, 0.2) is 17.3 Å². The molecule has 2 aromatic rings. The first-order valence-corrected chi connectivity index (χ1v) is 11.6. The Morgan fingerprint density at radius 1 is 1.03 bits per heavy atom. The predicted molar refractivity (Wildman–Crippen MR) is 130 cm³/mol. The number of fused-ring (bicyclic) bond motifs is 3. The second kappa shape index (κ2) is 7.78. The highest BCUT2D eigenvalue weighted by Gasteiger charge is 2.71. The normalized spacial score (nSPS) is 24.1. The molecule has 3 aliphatic rings. The number of ketones is 3. The number of carbonyl (C=O) groups excluding carboxylic acids is 3. The summed E-state index contributed by atoms with van der Waals surface area (Å²) >= 11 is 0. The maximum atomic E-state index is 14.3. The van der Waals surface area contributed by atoms with Crippen LogP contribution < -0.4 is 4.74 Å². The number of rotatable bonds is 3. The van der Waals surface area contributed by atoms with Gasteiger partial charge in [0.05, 0.1) is 24.8 Å². The van der Waals surface area contributed by atoms with Crippen molar-refractivity contribution in [3.05, 3.63) is 89.1 Å². The van der Waals surface area contributed by atoms with E-state index < -0.39 is 28.8 Å². The molecule has 1 fully saturated rings.